The summed E-state index contributed by atoms with van der Waals surface area (Å²) in [7, 11) is 0. The van der Waals surface area contributed by atoms with Crippen LogP contribution in [0.25, 0.3) is 0 Å². The molecule has 0 aliphatic heterocycles. The van der Waals surface area contributed by atoms with E-state index in [2.05, 4.69) is 4.74 Å². The lowest BCUT2D eigenvalue weighted by Crippen LogP contribution is -2.16. The number of hydrogen-bond donors (Lipinski definition) is 1. The summed E-state index contributed by atoms with van der Waals surface area (Å²) in [6.07, 6.45) is -4.28. The summed E-state index contributed by atoms with van der Waals surface area (Å²) < 4.78 is 39.8. The minimum absolute atomic E-state index is 0.0623. The van der Waals surface area contributed by atoms with Crippen molar-refractivity contribution in [3.05, 3.63) is 23.8 Å². The Morgan fingerprint density at radius 1 is 1.38 bits per heavy atom. The number of aryl methyl sites for hydroxylation is 1. The average Bonchev–Trinajstić information content (AvgIpc) is 2.17. The van der Waals surface area contributed by atoms with Gasteiger partial charge in [-0.3, -0.25) is 0 Å². The molecule has 0 amide bonds. The number of nitrogen functional groups attached to an aromatic ring is 1. The monoisotopic (exact) mass is 251 g/mol. The van der Waals surface area contributed by atoms with Gasteiger partial charge in [-0.1, -0.05) is 23.9 Å². The lowest BCUT2D eigenvalue weighted by atomic mass is 10.2. The number of anilines is 1. The highest BCUT2D eigenvalue weighted by Gasteiger charge is 2.27. The van der Waals surface area contributed by atoms with Crippen molar-refractivity contribution in [1.82, 2.24) is 0 Å². The van der Waals surface area contributed by atoms with Gasteiger partial charge in [-0.2, -0.15) is 13.2 Å². The summed E-state index contributed by atoms with van der Waals surface area (Å²) in [6, 6.07) is 5.40. The van der Waals surface area contributed by atoms with Crippen molar-refractivity contribution in [2.45, 2.75) is 18.0 Å². The molecule has 1 rings (SSSR count). The lowest BCUT2D eigenvalue weighted by molar-refractivity contribution is -0.168. The first kappa shape index (κ1) is 13.2. The van der Waals surface area contributed by atoms with E-state index in [1.54, 1.807) is 12.1 Å². The molecule has 0 heterocycles. The summed E-state index contributed by atoms with van der Waals surface area (Å²) in [5.74, 6) is -0.0623. The fraction of sp³-hybridized carbons (Fsp3) is 0.400. The van der Waals surface area contributed by atoms with Crippen LogP contribution in [0.5, 0.6) is 0 Å². The summed E-state index contributed by atoms with van der Waals surface area (Å²) in [6.45, 7) is 0.613. The number of thioether (sulfide) groups is 1. The van der Waals surface area contributed by atoms with Crippen LogP contribution in [0.1, 0.15) is 5.56 Å². The second kappa shape index (κ2) is 5.45. The molecule has 0 fully saturated rings. The van der Waals surface area contributed by atoms with Gasteiger partial charge in [0.05, 0.1) is 5.94 Å². The number of ether oxygens (including phenoxy) is 1. The molecule has 1 aromatic rings. The zero-order valence-corrected chi connectivity index (χ0v) is 9.49. The molecule has 0 radical (unpaired) electrons. The lowest BCUT2D eigenvalue weighted by Gasteiger charge is -2.09. The van der Waals surface area contributed by atoms with Crippen LogP contribution < -0.4 is 5.73 Å². The van der Waals surface area contributed by atoms with Crippen LogP contribution in [0, 0.1) is 6.92 Å². The molecule has 1 aromatic carbocycles. The predicted molar refractivity (Wildman–Crippen MR) is 58.3 cm³/mol. The van der Waals surface area contributed by atoms with Crippen LogP contribution >= 0.6 is 11.8 Å². The molecule has 0 spiro atoms. The summed E-state index contributed by atoms with van der Waals surface area (Å²) in [4.78, 5) is 0.738. The topological polar surface area (TPSA) is 35.2 Å². The maximum atomic E-state index is 11.8. The molecule has 6 heteroatoms. The fourth-order valence-electron chi connectivity index (χ4n) is 1.04. The third kappa shape index (κ3) is 4.32. The Balaban J connectivity index is 2.41. The number of hydrogen-bond acceptors (Lipinski definition) is 3. The zero-order chi connectivity index (χ0) is 12.2. The number of nitrogens with two attached hydrogens (primary N) is 1. The molecule has 0 aliphatic carbocycles. The third-order valence-corrected chi connectivity index (χ3v) is 2.80. The molecule has 0 saturated carbocycles. The molecule has 0 atom stereocenters. The van der Waals surface area contributed by atoms with Crippen molar-refractivity contribution < 1.29 is 17.9 Å². The molecule has 0 bridgehead atoms. The van der Waals surface area contributed by atoms with Crippen LogP contribution in [0.3, 0.4) is 0 Å². The third-order valence-electron chi connectivity index (χ3n) is 1.85. The van der Waals surface area contributed by atoms with Gasteiger partial charge in [0.2, 0.25) is 0 Å². The molecule has 0 saturated heterocycles. The van der Waals surface area contributed by atoms with E-state index in [0.717, 1.165) is 22.2 Å². The molecular weight excluding hydrogens is 239 g/mol. The maximum absolute atomic E-state index is 11.8. The second-order valence-electron chi connectivity index (χ2n) is 3.21. The Labute approximate surface area is 96.0 Å². The summed E-state index contributed by atoms with van der Waals surface area (Å²) in [5.41, 5.74) is 7.24. The normalized spacial score (nSPS) is 11.8. The van der Waals surface area contributed by atoms with Crippen molar-refractivity contribution in [3.63, 3.8) is 0 Å². The van der Waals surface area contributed by atoms with Crippen LogP contribution in [0.2, 0.25) is 0 Å². The van der Waals surface area contributed by atoms with Crippen molar-refractivity contribution in [2.75, 3.05) is 18.3 Å². The van der Waals surface area contributed by atoms with E-state index in [9.17, 15) is 13.2 Å². The van der Waals surface area contributed by atoms with E-state index in [4.69, 9.17) is 5.73 Å². The molecular formula is C10H12F3NOS. The highest BCUT2D eigenvalue weighted by Crippen LogP contribution is 2.27. The van der Waals surface area contributed by atoms with Crippen molar-refractivity contribution in [3.8, 4) is 0 Å². The van der Waals surface area contributed by atoms with Crippen LogP contribution in [-0.4, -0.2) is 18.7 Å². The molecule has 0 aromatic heterocycles. The molecule has 2 nitrogen and oxygen atoms in total. The zero-order valence-electron chi connectivity index (χ0n) is 8.67. The van der Waals surface area contributed by atoms with Gasteiger partial charge in [0.25, 0.3) is 0 Å². The first-order chi connectivity index (χ1) is 7.40. The fourth-order valence-corrected chi connectivity index (χ4v) is 1.83. The Kier molecular flexibility index (Phi) is 4.49. The van der Waals surface area contributed by atoms with Gasteiger partial charge in [-0.15, -0.1) is 0 Å². The van der Waals surface area contributed by atoms with Crippen LogP contribution in [-0.2, 0) is 4.74 Å². The number of rotatable bonds is 4. The van der Waals surface area contributed by atoms with Gasteiger partial charge in [-0.25, -0.2) is 0 Å². The maximum Gasteiger partial charge on any atom is 0.411 e. The van der Waals surface area contributed by atoms with Crippen molar-refractivity contribution >= 4 is 17.4 Å². The number of para-hydroxylation sites is 1. The Hall–Kier alpha value is -0.880. The largest absolute Gasteiger partial charge is 0.411 e. The summed E-state index contributed by atoms with van der Waals surface area (Å²) >= 11 is 1.15. The van der Waals surface area contributed by atoms with E-state index in [-0.39, 0.29) is 5.94 Å². The minimum atomic E-state index is -4.28. The van der Waals surface area contributed by atoms with E-state index >= 15 is 0 Å². The van der Waals surface area contributed by atoms with Gasteiger partial charge in [0, 0.05) is 10.6 Å². The molecule has 0 aliphatic rings. The predicted octanol–water partition coefficient (Wildman–Crippen LogP) is 3.21. The summed E-state index contributed by atoms with van der Waals surface area (Å²) in [5, 5.41) is 0. The number of halogens is 3. The highest BCUT2D eigenvalue weighted by molar-refractivity contribution is 7.99. The number of benzene rings is 1. The first-order valence-electron chi connectivity index (χ1n) is 4.52. The highest BCUT2D eigenvalue weighted by atomic mass is 32.2. The van der Waals surface area contributed by atoms with Gasteiger partial charge in [0.1, 0.15) is 6.61 Å². The van der Waals surface area contributed by atoms with Crippen LogP contribution in [0.15, 0.2) is 23.1 Å². The van der Waals surface area contributed by atoms with E-state index < -0.39 is 12.8 Å². The van der Waals surface area contributed by atoms with E-state index in [1.807, 2.05) is 13.0 Å². The quantitative estimate of drug-likeness (QED) is 0.386. The van der Waals surface area contributed by atoms with Crippen LogP contribution in [0.4, 0.5) is 18.9 Å². The smallest absolute Gasteiger partial charge is 0.398 e. The Bertz CT molecular complexity index is 354. The van der Waals surface area contributed by atoms with Crippen molar-refractivity contribution in [2.24, 2.45) is 0 Å². The SMILES string of the molecule is Cc1cccc(SCOCC(F)(F)F)c1N. The van der Waals surface area contributed by atoms with Gasteiger partial charge in [-0.05, 0) is 18.6 Å². The standard InChI is InChI=1S/C10H12F3NOS/c1-7-3-2-4-8(9(7)14)16-6-15-5-10(11,12)13/h2-4H,5-6,14H2,1H3. The molecule has 2 N–H and O–H groups in total. The Morgan fingerprint density at radius 2 is 2.06 bits per heavy atom. The van der Waals surface area contributed by atoms with Gasteiger partial charge >= 0.3 is 6.18 Å². The Morgan fingerprint density at radius 3 is 2.69 bits per heavy atom. The number of alkyl halides is 3. The second-order valence-corrected chi connectivity index (χ2v) is 4.18. The van der Waals surface area contributed by atoms with Gasteiger partial charge < -0.3 is 10.5 Å². The van der Waals surface area contributed by atoms with E-state index in [1.165, 1.54) is 0 Å². The molecule has 90 valence electrons. The van der Waals surface area contributed by atoms with E-state index in [0.29, 0.717) is 5.69 Å². The average molecular weight is 251 g/mol. The molecule has 16 heavy (non-hydrogen) atoms. The van der Waals surface area contributed by atoms with Gasteiger partial charge in [0.15, 0.2) is 0 Å². The minimum Gasteiger partial charge on any atom is -0.398 e. The molecule has 0 unspecified atom stereocenters. The van der Waals surface area contributed by atoms with Crippen molar-refractivity contribution in [1.29, 1.82) is 0 Å². The first-order valence-corrected chi connectivity index (χ1v) is 5.51.